The van der Waals surface area contributed by atoms with Crippen LogP contribution < -0.4 is 10.1 Å². The van der Waals surface area contributed by atoms with Crippen LogP contribution in [0, 0.1) is 11.3 Å². The van der Waals surface area contributed by atoms with Crippen LogP contribution in [0.3, 0.4) is 0 Å². The first-order valence-electron chi connectivity index (χ1n) is 10.4. The van der Waals surface area contributed by atoms with Crippen molar-refractivity contribution < 1.29 is 23.8 Å². The van der Waals surface area contributed by atoms with Gasteiger partial charge >= 0.3 is 12.1 Å². The van der Waals surface area contributed by atoms with Gasteiger partial charge in [-0.15, -0.1) is 0 Å². The number of carbonyl (C=O) groups is 2. The minimum atomic E-state index is -0.497. The number of carbonyl (C=O) groups excluding carboxylic acids is 2. The van der Waals surface area contributed by atoms with Crippen molar-refractivity contribution in [2.45, 2.75) is 65.9 Å². The van der Waals surface area contributed by atoms with E-state index in [1.54, 1.807) is 0 Å². The lowest BCUT2D eigenvalue weighted by molar-refractivity contribution is -0.143. The maximum absolute atomic E-state index is 11.9. The Morgan fingerprint density at radius 3 is 2.59 bits per heavy atom. The zero-order valence-electron chi connectivity index (χ0n) is 18.5. The Bertz CT molecular complexity index is 707. The van der Waals surface area contributed by atoms with E-state index >= 15 is 0 Å². The zero-order chi connectivity index (χ0) is 21.7. The van der Waals surface area contributed by atoms with Gasteiger partial charge in [0.2, 0.25) is 0 Å². The molecule has 1 aliphatic rings. The van der Waals surface area contributed by atoms with E-state index in [-0.39, 0.29) is 17.3 Å². The van der Waals surface area contributed by atoms with Crippen LogP contribution in [0.25, 0.3) is 0 Å². The van der Waals surface area contributed by atoms with Gasteiger partial charge in [-0.3, -0.25) is 4.79 Å². The van der Waals surface area contributed by atoms with E-state index < -0.39 is 11.7 Å². The first kappa shape index (κ1) is 23.0. The molecule has 6 heteroatoms. The third-order valence-electron chi connectivity index (χ3n) is 5.22. The molecule has 2 rings (SSSR count). The van der Waals surface area contributed by atoms with Crippen molar-refractivity contribution in [2.24, 2.45) is 11.3 Å². The van der Waals surface area contributed by atoms with E-state index in [1.165, 1.54) is 5.56 Å². The molecule has 1 aromatic carbocycles. The summed E-state index contributed by atoms with van der Waals surface area (Å²) in [5.41, 5.74) is 0.763. The Balaban J connectivity index is 1.80. The lowest BCUT2D eigenvalue weighted by atomic mass is 10.0. The van der Waals surface area contributed by atoms with E-state index in [1.807, 2.05) is 39.8 Å². The second kappa shape index (κ2) is 9.51. The lowest BCUT2D eigenvalue weighted by Crippen LogP contribution is -2.33. The standard InChI is InChI=1S/C23H35NO5/c1-7-27-19(25)15-18-20(23(18,5)6)16-10-8-11-17(14-16)28-13-9-12-24-21(26)29-22(2,3)4/h8,10-11,14,18,20H,7,9,12-13,15H2,1-6H3,(H,24,26). The molecular weight excluding hydrogens is 370 g/mol. The Kier molecular flexibility index (Phi) is 7.55. The second-order valence-electron chi connectivity index (χ2n) is 9.12. The molecule has 1 N–H and O–H groups in total. The molecule has 1 aromatic rings. The molecule has 1 aliphatic carbocycles. The van der Waals surface area contributed by atoms with Crippen LogP contribution in [0.4, 0.5) is 4.79 Å². The van der Waals surface area contributed by atoms with Gasteiger partial charge in [-0.2, -0.15) is 0 Å². The predicted molar refractivity (Wildman–Crippen MR) is 112 cm³/mol. The van der Waals surface area contributed by atoms with E-state index in [9.17, 15) is 9.59 Å². The fourth-order valence-electron chi connectivity index (χ4n) is 3.75. The number of alkyl carbamates (subject to hydrolysis) is 1. The summed E-state index contributed by atoms with van der Waals surface area (Å²) in [7, 11) is 0. The van der Waals surface area contributed by atoms with Crippen LogP contribution in [0.5, 0.6) is 5.75 Å². The van der Waals surface area contributed by atoms with E-state index in [0.717, 1.165) is 5.75 Å². The molecule has 1 fully saturated rings. The smallest absolute Gasteiger partial charge is 0.407 e. The topological polar surface area (TPSA) is 73.9 Å². The number of nitrogens with one attached hydrogen (secondary N) is 1. The van der Waals surface area contributed by atoms with Crippen LogP contribution in [-0.2, 0) is 14.3 Å². The SMILES string of the molecule is CCOC(=O)CC1C(c2cccc(OCCCNC(=O)OC(C)(C)C)c2)C1(C)C. The average molecular weight is 406 g/mol. The fourth-order valence-corrected chi connectivity index (χ4v) is 3.75. The summed E-state index contributed by atoms with van der Waals surface area (Å²) in [5, 5.41) is 2.73. The summed E-state index contributed by atoms with van der Waals surface area (Å²) in [5.74, 6) is 1.29. The van der Waals surface area contributed by atoms with Crippen molar-refractivity contribution in [3.05, 3.63) is 29.8 Å². The van der Waals surface area contributed by atoms with E-state index in [4.69, 9.17) is 14.2 Å². The Labute approximate surface area is 174 Å². The van der Waals surface area contributed by atoms with Crippen LogP contribution in [0.15, 0.2) is 24.3 Å². The van der Waals surface area contributed by atoms with Crippen LogP contribution in [-0.4, -0.2) is 37.4 Å². The van der Waals surface area contributed by atoms with E-state index in [2.05, 4.69) is 31.3 Å². The number of rotatable bonds is 9. The molecule has 1 saturated carbocycles. The number of ether oxygens (including phenoxy) is 3. The van der Waals surface area contributed by atoms with Crippen molar-refractivity contribution in [2.75, 3.05) is 19.8 Å². The summed E-state index contributed by atoms with van der Waals surface area (Å²) < 4.78 is 16.2. The van der Waals surface area contributed by atoms with Crippen LogP contribution in [0.1, 0.15) is 65.9 Å². The molecule has 2 atom stereocenters. The Morgan fingerprint density at radius 2 is 1.93 bits per heavy atom. The molecule has 0 bridgehead atoms. The molecule has 29 heavy (non-hydrogen) atoms. The summed E-state index contributed by atoms with van der Waals surface area (Å²) in [4.78, 5) is 23.5. The molecule has 0 heterocycles. The molecule has 0 aromatic heterocycles. The maximum atomic E-state index is 11.9. The zero-order valence-corrected chi connectivity index (χ0v) is 18.5. The van der Waals surface area contributed by atoms with Gasteiger partial charge in [-0.1, -0.05) is 26.0 Å². The van der Waals surface area contributed by atoms with Gasteiger partial charge < -0.3 is 19.5 Å². The maximum Gasteiger partial charge on any atom is 0.407 e. The minimum Gasteiger partial charge on any atom is -0.494 e. The highest BCUT2D eigenvalue weighted by atomic mass is 16.6. The molecule has 0 saturated heterocycles. The van der Waals surface area contributed by atoms with Crippen LogP contribution >= 0.6 is 0 Å². The number of amides is 1. The van der Waals surface area contributed by atoms with Crippen LogP contribution in [0.2, 0.25) is 0 Å². The summed E-state index contributed by atoms with van der Waals surface area (Å²) in [6.07, 6.45) is 0.722. The fraction of sp³-hybridized carbons (Fsp3) is 0.652. The van der Waals surface area contributed by atoms with Crippen molar-refractivity contribution in [1.29, 1.82) is 0 Å². The van der Waals surface area contributed by atoms with Gasteiger partial charge in [0.1, 0.15) is 11.4 Å². The summed E-state index contributed by atoms with van der Waals surface area (Å²) in [6, 6.07) is 8.06. The number of esters is 1. The molecule has 1 amide bonds. The van der Waals surface area contributed by atoms with Crippen molar-refractivity contribution in [3.8, 4) is 5.75 Å². The first-order chi connectivity index (χ1) is 13.5. The van der Waals surface area contributed by atoms with Gasteiger partial charge in [0.25, 0.3) is 0 Å². The number of benzene rings is 1. The largest absolute Gasteiger partial charge is 0.494 e. The highest BCUT2D eigenvalue weighted by Crippen LogP contribution is 2.66. The van der Waals surface area contributed by atoms with Crippen molar-refractivity contribution in [1.82, 2.24) is 5.32 Å². The number of hydrogen-bond donors (Lipinski definition) is 1. The third-order valence-corrected chi connectivity index (χ3v) is 5.22. The lowest BCUT2D eigenvalue weighted by Gasteiger charge is -2.19. The van der Waals surface area contributed by atoms with Crippen molar-refractivity contribution in [3.63, 3.8) is 0 Å². The quantitative estimate of drug-likeness (QED) is 0.477. The van der Waals surface area contributed by atoms with Gasteiger partial charge in [0.15, 0.2) is 0 Å². The molecule has 6 nitrogen and oxygen atoms in total. The average Bonchev–Trinajstić information content (AvgIpc) is 3.13. The molecule has 0 radical (unpaired) electrons. The van der Waals surface area contributed by atoms with Crippen molar-refractivity contribution >= 4 is 12.1 Å². The van der Waals surface area contributed by atoms with Gasteiger partial charge in [0, 0.05) is 13.0 Å². The highest BCUT2D eigenvalue weighted by molar-refractivity contribution is 5.71. The molecular formula is C23H35NO5. The molecule has 0 spiro atoms. The monoisotopic (exact) mass is 405 g/mol. The first-order valence-corrected chi connectivity index (χ1v) is 10.4. The van der Waals surface area contributed by atoms with E-state index in [0.29, 0.717) is 38.5 Å². The Morgan fingerprint density at radius 1 is 1.21 bits per heavy atom. The molecule has 0 aliphatic heterocycles. The molecule has 162 valence electrons. The minimum absolute atomic E-state index is 0.0721. The van der Waals surface area contributed by atoms with Gasteiger partial charge in [-0.25, -0.2) is 4.79 Å². The Hall–Kier alpha value is -2.24. The summed E-state index contributed by atoms with van der Waals surface area (Å²) in [6.45, 7) is 13.1. The van der Waals surface area contributed by atoms with Gasteiger partial charge in [-0.05, 0) is 69.1 Å². The highest BCUT2D eigenvalue weighted by Gasteiger charge is 2.58. The second-order valence-corrected chi connectivity index (χ2v) is 9.12. The molecule has 2 unspecified atom stereocenters. The van der Waals surface area contributed by atoms with Gasteiger partial charge in [0.05, 0.1) is 13.2 Å². The predicted octanol–water partition coefficient (Wildman–Crippen LogP) is 4.67. The summed E-state index contributed by atoms with van der Waals surface area (Å²) >= 11 is 0. The normalized spacial score (nSPS) is 19.9. The third kappa shape index (κ3) is 6.94. The number of hydrogen-bond acceptors (Lipinski definition) is 5.